The van der Waals surface area contributed by atoms with Gasteiger partial charge in [-0.15, -0.1) is 0 Å². The fourth-order valence-electron chi connectivity index (χ4n) is 2.09. The van der Waals surface area contributed by atoms with Gasteiger partial charge in [0.15, 0.2) is 0 Å². The molecule has 0 rings (SSSR count). The second-order valence-electron chi connectivity index (χ2n) is 9.27. The van der Waals surface area contributed by atoms with Crippen LogP contribution in [0.25, 0.3) is 0 Å². The minimum Gasteiger partial charge on any atom is -0.300 e. The van der Waals surface area contributed by atoms with Crippen LogP contribution in [-0.4, -0.2) is 61.1 Å². The van der Waals surface area contributed by atoms with Gasteiger partial charge in [0.05, 0.1) is 12.6 Å². The van der Waals surface area contributed by atoms with Crippen LogP contribution in [0.3, 0.4) is 0 Å². The molecule has 0 heterocycles. The average molecular weight is 366 g/mol. The zero-order chi connectivity index (χ0) is 20.5. The molecule has 0 radical (unpaired) electrons. The highest BCUT2D eigenvalue weighted by molar-refractivity contribution is 5.95. The zero-order valence-corrected chi connectivity index (χ0v) is 18.3. The van der Waals surface area contributed by atoms with E-state index in [9.17, 15) is 9.59 Å². The van der Waals surface area contributed by atoms with Gasteiger partial charge in [0.25, 0.3) is 0 Å². The number of likely N-dealkylation sites (N-methyl/N-ethyl adjacent to an activating group) is 1. The summed E-state index contributed by atoms with van der Waals surface area (Å²) in [5, 5.41) is 0. The Bertz CT molecular complexity index is 510. The number of carbonyl (C=O) groups excluding carboxylic acids is 2. The van der Waals surface area contributed by atoms with Gasteiger partial charge in [0.2, 0.25) is 0 Å². The molecule has 0 spiro atoms. The largest absolute Gasteiger partial charge is 0.300 e. The number of hydrogen-bond acceptors (Lipinski definition) is 5. The van der Waals surface area contributed by atoms with E-state index in [4.69, 9.17) is 0 Å². The summed E-state index contributed by atoms with van der Waals surface area (Å²) in [7, 11) is 2.05. The number of hydrogen-bond donors (Lipinski definition) is 0. The normalized spacial score (nSPS) is 15.8. The third kappa shape index (κ3) is 10.6. The van der Waals surface area contributed by atoms with Crippen molar-refractivity contribution in [3.05, 3.63) is 0 Å². The highest BCUT2D eigenvalue weighted by atomic mass is 16.1. The van der Waals surface area contributed by atoms with Crippen LogP contribution >= 0.6 is 0 Å². The Morgan fingerprint density at radius 1 is 0.923 bits per heavy atom. The summed E-state index contributed by atoms with van der Waals surface area (Å²) < 4.78 is 0. The lowest BCUT2D eigenvalue weighted by molar-refractivity contribution is -0.125. The van der Waals surface area contributed by atoms with Gasteiger partial charge in [-0.05, 0) is 20.9 Å². The SMILES string of the molecule is CC(CN(C)C(C)CN=CCC(=O)C(C)(C)C)N=CCC(=O)C(C)(C)C. The standard InChI is InChI=1S/C21H39N3O2/c1-16(23-13-11-19(26)21(6,7)8)15-24(9)17(2)14-22-12-10-18(25)20(3,4)5/h12-13,16-17H,10-11,14-15H2,1-9H3. The number of ketones is 2. The summed E-state index contributed by atoms with van der Waals surface area (Å²) in [5.41, 5.74) is -0.622. The number of aliphatic imine (C=N–C) groups is 2. The average Bonchev–Trinajstić information content (AvgIpc) is 2.48. The molecule has 0 N–H and O–H groups in total. The topological polar surface area (TPSA) is 62.1 Å². The van der Waals surface area contributed by atoms with Crippen molar-refractivity contribution in [2.24, 2.45) is 20.8 Å². The van der Waals surface area contributed by atoms with E-state index in [0.717, 1.165) is 6.54 Å². The van der Waals surface area contributed by atoms with Crippen molar-refractivity contribution in [3.63, 3.8) is 0 Å². The molecule has 2 atom stereocenters. The molecule has 0 aromatic carbocycles. The first kappa shape index (κ1) is 24.6. The summed E-state index contributed by atoms with van der Waals surface area (Å²) in [5.74, 6) is 0.407. The molecule has 0 bridgehead atoms. The Labute approximate surface area is 160 Å². The van der Waals surface area contributed by atoms with Crippen molar-refractivity contribution in [2.45, 2.75) is 80.3 Å². The predicted molar refractivity (Wildman–Crippen MR) is 112 cm³/mol. The highest BCUT2D eigenvalue weighted by Crippen LogP contribution is 2.16. The number of carbonyl (C=O) groups is 2. The molecule has 0 saturated heterocycles. The van der Waals surface area contributed by atoms with Gasteiger partial charge in [0.1, 0.15) is 11.6 Å². The molecule has 0 aliphatic heterocycles. The van der Waals surface area contributed by atoms with E-state index in [-0.39, 0.29) is 34.5 Å². The minimum absolute atomic E-state index is 0.127. The lowest BCUT2D eigenvalue weighted by Gasteiger charge is -2.25. The van der Waals surface area contributed by atoms with Crippen LogP contribution < -0.4 is 0 Å². The summed E-state index contributed by atoms with van der Waals surface area (Å²) in [6.07, 6.45) is 4.26. The molecular formula is C21H39N3O2. The van der Waals surface area contributed by atoms with Crippen LogP contribution in [0.15, 0.2) is 9.98 Å². The Hall–Kier alpha value is -1.36. The first-order valence-electron chi connectivity index (χ1n) is 9.52. The quantitative estimate of drug-likeness (QED) is 0.553. The van der Waals surface area contributed by atoms with Gasteiger partial charge < -0.3 is 0 Å². The van der Waals surface area contributed by atoms with Gasteiger partial charge in [0, 0.05) is 48.7 Å². The number of Topliss-reactive ketones (excluding diaryl/α,β-unsaturated/α-hetero) is 2. The van der Waals surface area contributed by atoms with E-state index in [1.807, 2.05) is 55.5 Å². The fraction of sp³-hybridized carbons (Fsp3) is 0.810. The van der Waals surface area contributed by atoms with Crippen LogP contribution in [0.1, 0.15) is 68.2 Å². The number of rotatable bonds is 10. The van der Waals surface area contributed by atoms with Crippen molar-refractivity contribution in [2.75, 3.05) is 20.1 Å². The molecule has 0 saturated carbocycles. The third-order valence-electron chi connectivity index (χ3n) is 4.39. The molecule has 2 unspecified atom stereocenters. The smallest absolute Gasteiger partial charge is 0.143 e. The van der Waals surface area contributed by atoms with E-state index in [1.54, 1.807) is 12.4 Å². The van der Waals surface area contributed by atoms with Crippen molar-refractivity contribution in [1.82, 2.24) is 4.90 Å². The van der Waals surface area contributed by atoms with Crippen molar-refractivity contribution in [1.29, 1.82) is 0 Å². The van der Waals surface area contributed by atoms with Crippen molar-refractivity contribution in [3.8, 4) is 0 Å². The maximum Gasteiger partial charge on any atom is 0.143 e. The Balaban J connectivity index is 4.27. The fourth-order valence-corrected chi connectivity index (χ4v) is 2.09. The lowest BCUT2D eigenvalue weighted by Crippen LogP contribution is -2.36. The van der Waals surface area contributed by atoms with E-state index in [1.165, 1.54) is 0 Å². The number of nitrogens with zero attached hydrogens (tertiary/aromatic N) is 3. The predicted octanol–water partition coefficient (Wildman–Crippen LogP) is 3.85. The van der Waals surface area contributed by atoms with E-state index in [2.05, 4.69) is 21.8 Å². The molecule has 0 aromatic rings. The molecule has 0 fully saturated rings. The van der Waals surface area contributed by atoms with Gasteiger partial charge in [-0.1, -0.05) is 41.5 Å². The van der Waals surface area contributed by atoms with Crippen LogP contribution in [-0.2, 0) is 9.59 Å². The molecule has 0 aliphatic carbocycles. The maximum atomic E-state index is 11.9. The highest BCUT2D eigenvalue weighted by Gasteiger charge is 2.20. The van der Waals surface area contributed by atoms with E-state index in [0.29, 0.717) is 19.4 Å². The summed E-state index contributed by atoms with van der Waals surface area (Å²) >= 11 is 0. The van der Waals surface area contributed by atoms with Gasteiger partial charge in [-0.2, -0.15) is 0 Å². The summed E-state index contributed by atoms with van der Waals surface area (Å²) in [4.78, 5) is 34.8. The van der Waals surface area contributed by atoms with Crippen LogP contribution in [0.5, 0.6) is 0 Å². The van der Waals surface area contributed by atoms with Crippen molar-refractivity contribution >= 4 is 24.0 Å². The minimum atomic E-state index is -0.313. The molecule has 0 amide bonds. The monoisotopic (exact) mass is 365 g/mol. The van der Waals surface area contributed by atoms with Gasteiger partial charge >= 0.3 is 0 Å². The molecule has 0 aromatic heterocycles. The van der Waals surface area contributed by atoms with E-state index < -0.39 is 0 Å². The van der Waals surface area contributed by atoms with E-state index >= 15 is 0 Å². The first-order valence-corrected chi connectivity index (χ1v) is 9.52. The van der Waals surface area contributed by atoms with Gasteiger partial charge in [-0.3, -0.25) is 24.5 Å². The summed E-state index contributed by atoms with van der Waals surface area (Å²) in [6, 6.07) is 0.395. The lowest BCUT2D eigenvalue weighted by atomic mass is 9.89. The Morgan fingerprint density at radius 3 is 1.85 bits per heavy atom. The Morgan fingerprint density at radius 2 is 1.38 bits per heavy atom. The zero-order valence-electron chi connectivity index (χ0n) is 18.3. The van der Waals surface area contributed by atoms with Crippen molar-refractivity contribution < 1.29 is 9.59 Å². The first-order chi connectivity index (χ1) is 11.7. The van der Waals surface area contributed by atoms with Crippen LogP contribution in [0, 0.1) is 10.8 Å². The molecule has 26 heavy (non-hydrogen) atoms. The van der Waals surface area contributed by atoms with Gasteiger partial charge in [-0.25, -0.2) is 0 Å². The molecule has 0 aliphatic rings. The molecule has 5 nitrogen and oxygen atoms in total. The maximum absolute atomic E-state index is 11.9. The molecule has 150 valence electrons. The second kappa shape index (κ2) is 10.7. The van der Waals surface area contributed by atoms with Crippen LogP contribution in [0.4, 0.5) is 0 Å². The van der Waals surface area contributed by atoms with Crippen LogP contribution in [0.2, 0.25) is 0 Å². The molecular weight excluding hydrogens is 326 g/mol. The molecule has 5 heteroatoms. The third-order valence-corrected chi connectivity index (χ3v) is 4.39. The second-order valence-corrected chi connectivity index (χ2v) is 9.27. The summed E-state index contributed by atoms with van der Waals surface area (Å²) in [6.45, 7) is 17.2. The Kier molecular flexibility index (Phi) is 10.1.